The first-order valence-corrected chi connectivity index (χ1v) is 9.28. The second-order valence-corrected chi connectivity index (χ2v) is 8.20. The quantitative estimate of drug-likeness (QED) is 0.859. The summed E-state index contributed by atoms with van der Waals surface area (Å²) in [6.07, 6.45) is 0. The fraction of sp³-hybridized carbons (Fsp3) is 0.353. The van der Waals surface area contributed by atoms with Crippen LogP contribution in [0, 0.1) is 0 Å². The summed E-state index contributed by atoms with van der Waals surface area (Å²) in [7, 11) is 1.63. The summed E-state index contributed by atoms with van der Waals surface area (Å²) in [5.41, 5.74) is 0.733. The molecule has 0 radical (unpaired) electrons. The van der Waals surface area contributed by atoms with Crippen molar-refractivity contribution in [3.63, 3.8) is 0 Å². The monoisotopic (exact) mass is 395 g/mol. The normalized spacial score (nSPS) is 15.7. The average Bonchev–Trinajstić information content (AvgIpc) is 3.00. The van der Waals surface area contributed by atoms with Gasteiger partial charge in [-0.2, -0.15) is 0 Å². The molecule has 0 spiro atoms. The van der Waals surface area contributed by atoms with Crippen LogP contribution in [0.1, 0.15) is 15.2 Å². The highest BCUT2D eigenvalue weighted by Gasteiger charge is 2.24. The lowest BCUT2D eigenvalue weighted by Crippen LogP contribution is -3.13. The molecule has 23 heavy (non-hydrogen) atoms. The first kappa shape index (κ1) is 16.5. The summed E-state index contributed by atoms with van der Waals surface area (Å²) >= 11 is 5.30. The van der Waals surface area contributed by atoms with Crippen LogP contribution in [-0.4, -0.2) is 44.1 Å². The first-order valence-electron chi connectivity index (χ1n) is 7.67. The van der Waals surface area contributed by atoms with Crippen LogP contribution in [0.3, 0.4) is 0 Å². The van der Waals surface area contributed by atoms with Crippen molar-refractivity contribution in [3.05, 3.63) is 50.6 Å². The van der Waals surface area contributed by atoms with Crippen molar-refractivity contribution in [2.24, 2.45) is 0 Å². The SMILES string of the molecule is COc1ccc(C(=O)N2CC[NH+](Cc3ccc(Br)s3)CC2)cc1. The van der Waals surface area contributed by atoms with Gasteiger partial charge < -0.3 is 14.5 Å². The molecule has 0 aliphatic carbocycles. The predicted octanol–water partition coefficient (Wildman–Crippen LogP) is 2.06. The molecule has 3 rings (SSSR count). The zero-order valence-corrected chi connectivity index (χ0v) is 15.5. The average molecular weight is 396 g/mol. The summed E-state index contributed by atoms with van der Waals surface area (Å²) in [6, 6.07) is 11.6. The lowest BCUT2D eigenvalue weighted by molar-refractivity contribution is -0.917. The van der Waals surface area contributed by atoms with Crippen LogP contribution in [-0.2, 0) is 6.54 Å². The standard InChI is InChI=1S/C17H19BrN2O2S/c1-22-14-4-2-13(3-5-14)17(21)20-10-8-19(9-11-20)12-15-6-7-16(18)23-15/h2-7H,8-12H2,1H3/p+1. The van der Waals surface area contributed by atoms with E-state index >= 15 is 0 Å². The highest BCUT2D eigenvalue weighted by Crippen LogP contribution is 2.21. The molecular weight excluding hydrogens is 376 g/mol. The largest absolute Gasteiger partial charge is 0.497 e. The van der Waals surface area contributed by atoms with E-state index in [0.717, 1.165) is 44.0 Å². The van der Waals surface area contributed by atoms with Crippen molar-refractivity contribution >= 4 is 33.2 Å². The Bertz CT molecular complexity index is 663. The van der Waals surface area contributed by atoms with Crippen molar-refractivity contribution in [2.75, 3.05) is 33.3 Å². The Morgan fingerprint density at radius 1 is 1.22 bits per heavy atom. The molecule has 1 N–H and O–H groups in total. The molecule has 1 aromatic carbocycles. The van der Waals surface area contributed by atoms with Crippen molar-refractivity contribution in [1.82, 2.24) is 4.90 Å². The van der Waals surface area contributed by atoms with Gasteiger partial charge in [-0.15, -0.1) is 11.3 Å². The number of quaternary nitrogens is 1. The first-order chi connectivity index (χ1) is 11.2. The van der Waals surface area contributed by atoms with Gasteiger partial charge in [-0.1, -0.05) is 0 Å². The third kappa shape index (κ3) is 4.13. The Hall–Kier alpha value is -1.37. The number of nitrogens with zero attached hydrogens (tertiary/aromatic N) is 1. The molecule has 6 heteroatoms. The summed E-state index contributed by atoms with van der Waals surface area (Å²) < 4.78 is 6.32. The molecule has 0 unspecified atom stereocenters. The van der Waals surface area contributed by atoms with Gasteiger partial charge in [0.25, 0.3) is 5.91 Å². The van der Waals surface area contributed by atoms with E-state index in [0.29, 0.717) is 0 Å². The molecule has 2 heterocycles. The van der Waals surface area contributed by atoms with Crippen LogP contribution >= 0.6 is 27.3 Å². The van der Waals surface area contributed by atoms with E-state index in [9.17, 15) is 4.79 Å². The molecule has 1 aliphatic rings. The molecular formula is C17H20BrN2O2S+. The Morgan fingerprint density at radius 3 is 2.48 bits per heavy atom. The maximum atomic E-state index is 12.5. The molecule has 4 nitrogen and oxygen atoms in total. The zero-order valence-electron chi connectivity index (χ0n) is 13.0. The molecule has 0 bridgehead atoms. The summed E-state index contributed by atoms with van der Waals surface area (Å²) in [5, 5.41) is 0. The molecule has 1 saturated heterocycles. The van der Waals surface area contributed by atoms with Crippen molar-refractivity contribution in [3.8, 4) is 5.75 Å². The van der Waals surface area contributed by atoms with Gasteiger partial charge in [0.15, 0.2) is 0 Å². The topological polar surface area (TPSA) is 34.0 Å². The smallest absolute Gasteiger partial charge is 0.254 e. The minimum Gasteiger partial charge on any atom is -0.497 e. The van der Waals surface area contributed by atoms with Crippen LogP contribution in [0.2, 0.25) is 0 Å². The maximum absolute atomic E-state index is 12.5. The predicted molar refractivity (Wildman–Crippen MR) is 95.3 cm³/mol. The molecule has 122 valence electrons. The molecule has 1 amide bonds. The minimum atomic E-state index is 0.116. The zero-order chi connectivity index (χ0) is 16.2. The number of thiophene rings is 1. The number of carbonyl (C=O) groups excluding carboxylic acids is 1. The highest BCUT2D eigenvalue weighted by molar-refractivity contribution is 9.11. The van der Waals surface area contributed by atoms with E-state index in [1.807, 2.05) is 29.2 Å². The van der Waals surface area contributed by atoms with E-state index in [1.54, 1.807) is 18.4 Å². The van der Waals surface area contributed by atoms with Gasteiger partial charge in [0.05, 0.1) is 42.0 Å². The van der Waals surface area contributed by atoms with Crippen LogP contribution in [0.4, 0.5) is 0 Å². The molecule has 2 aromatic rings. The Balaban J connectivity index is 1.54. The van der Waals surface area contributed by atoms with Crippen molar-refractivity contribution in [1.29, 1.82) is 0 Å². The lowest BCUT2D eigenvalue weighted by atomic mass is 10.1. The molecule has 0 saturated carbocycles. The minimum absolute atomic E-state index is 0.116. The van der Waals surface area contributed by atoms with E-state index in [-0.39, 0.29) is 5.91 Å². The van der Waals surface area contributed by atoms with Crippen molar-refractivity contribution < 1.29 is 14.4 Å². The van der Waals surface area contributed by atoms with Gasteiger partial charge in [0.1, 0.15) is 12.3 Å². The summed E-state index contributed by atoms with van der Waals surface area (Å²) in [6.45, 7) is 4.66. The molecule has 1 aliphatic heterocycles. The Kier molecular flexibility index (Phi) is 5.35. The number of hydrogen-bond donors (Lipinski definition) is 1. The number of ether oxygens (including phenoxy) is 1. The number of nitrogens with one attached hydrogen (secondary N) is 1. The summed E-state index contributed by atoms with van der Waals surface area (Å²) in [5.74, 6) is 0.892. The third-order valence-electron chi connectivity index (χ3n) is 4.15. The molecule has 1 fully saturated rings. The van der Waals surface area contributed by atoms with Gasteiger partial charge in [-0.3, -0.25) is 4.79 Å². The van der Waals surface area contributed by atoms with Crippen LogP contribution < -0.4 is 9.64 Å². The van der Waals surface area contributed by atoms with Gasteiger partial charge in [0, 0.05) is 5.56 Å². The number of piperazine rings is 1. The van der Waals surface area contributed by atoms with E-state index < -0.39 is 0 Å². The molecule has 0 atom stereocenters. The van der Waals surface area contributed by atoms with Gasteiger partial charge in [-0.05, 0) is 52.3 Å². The van der Waals surface area contributed by atoms with E-state index in [1.165, 1.54) is 13.6 Å². The lowest BCUT2D eigenvalue weighted by Gasteiger charge is -2.32. The molecule has 1 aromatic heterocycles. The fourth-order valence-corrected chi connectivity index (χ4v) is 4.37. The Labute approximate surface area is 148 Å². The van der Waals surface area contributed by atoms with E-state index in [2.05, 4.69) is 28.1 Å². The van der Waals surface area contributed by atoms with Crippen LogP contribution in [0.15, 0.2) is 40.2 Å². The number of benzene rings is 1. The van der Waals surface area contributed by atoms with Gasteiger partial charge in [-0.25, -0.2) is 0 Å². The van der Waals surface area contributed by atoms with Crippen LogP contribution in [0.5, 0.6) is 5.75 Å². The second kappa shape index (κ2) is 7.47. The Morgan fingerprint density at radius 2 is 1.91 bits per heavy atom. The number of carbonyl (C=O) groups is 1. The third-order valence-corrected chi connectivity index (χ3v) is 5.77. The number of methoxy groups -OCH3 is 1. The van der Waals surface area contributed by atoms with Crippen LogP contribution in [0.25, 0.3) is 0 Å². The number of rotatable bonds is 4. The second-order valence-electron chi connectivity index (χ2n) is 5.65. The summed E-state index contributed by atoms with van der Waals surface area (Å²) in [4.78, 5) is 17.4. The number of hydrogen-bond acceptors (Lipinski definition) is 3. The number of amides is 1. The maximum Gasteiger partial charge on any atom is 0.254 e. The highest BCUT2D eigenvalue weighted by atomic mass is 79.9. The van der Waals surface area contributed by atoms with Gasteiger partial charge >= 0.3 is 0 Å². The fourth-order valence-electron chi connectivity index (χ4n) is 2.81. The van der Waals surface area contributed by atoms with Crippen molar-refractivity contribution in [2.45, 2.75) is 6.54 Å². The van der Waals surface area contributed by atoms with E-state index in [4.69, 9.17) is 4.74 Å². The van der Waals surface area contributed by atoms with Gasteiger partial charge in [0.2, 0.25) is 0 Å². The number of halogens is 1.